The lowest BCUT2D eigenvalue weighted by Gasteiger charge is -2.48. The molecule has 10 aromatic rings. The molecule has 6 aromatic carbocycles. The number of nitrogens with zero attached hydrogens (tertiary/aromatic N) is 14. The van der Waals surface area contributed by atoms with Gasteiger partial charge < -0.3 is 67.0 Å². The summed E-state index contributed by atoms with van der Waals surface area (Å²) in [4.78, 5) is 69.5. The fraction of sp³-hybridized carbons (Fsp3) is 0.480. The number of rotatable bonds is 22. The fourth-order valence-electron chi connectivity index (χ4n) is 21.8. The van der Waals surface area contributed by atoms with Crippen molar-refractivity contribution in [3.8, 4) is 69.0 Å². The van der Waals surface area contributed by atoms with Crippen LogP contribution in [0.15, 0.2) is 121 Å². The zero-order valence-electron chi connectivity index (χ0n) is 78.8. The van der Waals surface area contributed by atoms with Crippen molar-refractivity contribution in [1.29, 1.82) is 0 Å². The summed E-state index contributed by atoms with van der Waals surface area (Å²) < 4.78 is 246. The third kappa shape index (κ3) is 18.3. The highest BCUT2D eigenvalue weighted by molar-refractivity contribution is 6.37. The number of ether oxygens (including phenoxy) is 10. The van der Waals surface area contributed by atoms with Crippen molar-refractivity contribution < 1.29 is 110 Å². The second-order valence-corrected chi connectivity index (χ2v) is 40.5. The molecule has 14 heterocycles. The summed E-state index contributed by atoms with van der Waals surface area (Å²) in [6, 6.07) is 29.0. The van der Waals surface area contributed by atoms with Crippen LogP contribution in [-0.4, -0.2) is 225 Å². The third-order valence-corrected chi connectivity index (χ3v) is 29.0. The molecular weight excluding hydrogens is 1890 g/mol. The number of aromatic nitrogens is 6. The van der Waals surface area contributed by atoms with Gasteiger partial charge in [-0.25, -0.2) is 45.9 Å². The number of benzene rings is 6. The molecule has 0 spiro atoms. The molecule has 0 saturated carbocycles. The Hall–Kier alpha value is -11.9. The maximum atomic E-state index is 18.1. The summed E-state index contributed by atoms with van der Waals surface area (Å²) in [5.74, 6) is -6.05. The largest absolute Gasteiger partial charge is 0.497 e. The molecule has 40 heteroatoms. The number of hydrogen-bond donors (Lipinski definition) is 0. The molecule has 0 aliphatic carbocycles. The van der Waals surface area contributed by atoms with Gasteiger partial charge >= 0.3 is 36.6 Å². The highest BCUT2D eigenvalue weighted by atomic mass is 35.5. The maximum Gasteiger partial charge on any atom is 0.418 e. The van der Waals surface area contributed by atoms with Gasteiger partial charge in [0, 0.05) is 65.2 Å². The minimum Gasteiger partial charge on any atom is -0.497 e. The molecule has 8 fully saturated rings. The summed E-state index contributed by atoms with van der Waals surface area (Å²) in [6.07, 6.45) is -10.6. The van der Waals surface area contributed by atoms with Crippen molar-refractivity contribution in [2.75, 3.05) is 101 Å². The van der Waals surface area contributed by atoms with Crippen LogP contribution in [0.1, 0.15) is 140 Å². The lowest BCUT2D eigenvalue weighted by Crippen LogP contribution is -2.65. The minimum atomic E-state index is -5.06. The summed E-state index contributed by atoms with van der Waals surface area (Å²) in [6.45, 7) is 14.6. The number of piperazine rings is 2. The second kappa shape index (κ2) is 36.3. The molecule has 10 aliphatic rings. The standard InChI is InChI=1S/2C50H52ClF6N7O6/c2*1-27-42-34-17-11-30(64(34)46(65)70-47(2,3)4)23-63(42)44-37-41(59-45(60-44)68-26-48-19-20-62(48)25-49(53,54)24-48)39(52)36(38(51)43(37)69-27)40-33(50(55,56)57)16-18-35(58-40)61(21-28-7-12-31(66-5)13-8-28)22-29-9-14-32(67-6)15-10-29/h2*7-10,12-16,18,27,30,34,42H,11,17,19-26H2,1-6H3/t2*27-,30+,34-,42+,48?/m00/s1. The fourth-order valence-corrected chi connectivity index (χ4v) is 22.4. The normalized spacial score (nSPS) is 23.5. The van der Waals surface area contributed by atoms with Crippen molar-refractivity contribution in [3.63, 3.8) is 0 Å². The van der Waals surface area contributed by atoms with Gasteiger partial charge in [0.15, 0.2) is 23.1 Å². The topological polar surface area (TPSA) is 230 Å². The van der Waals surface area contributed by atoms with Crippen molar-refractivity contribution >= 4 is 80.5 Å². The van der Waals surface area contributed by atoms with Crippen LogP contribution in [0.25, 0.3) is 44.3 Å². The van der Waals surface area contributed by atoms with Crippen LogP contribution in [0, 0.1) is 11.6 Å². The van der Waals surface area contributed by atoms with Crippen LogP contribution in [0.2, 0.25) is 10.0 Å². The van der Waals surface area contributed by atoms with E-state index < -0.39 is 187 Å². The van der Waals surface area contributed by atoms with Crippen LogP contribution in [0.4, 0.5) is 85.5 Å². The number of hydrogen-bond acceptors (Lipinski definition) is 24. The first kappa shape index (κ1) is 96.9. The molecule has 4 aromatic heterocycles. The number of carbonyl (C=O) groups is 2. The molecule has 140 heavy (non-hydrogen) atoms. The molecule has 744 valence electrons. The summed E-state index contributed by atoms with van der Waals surface area (Å²) in [7, 11) is 6.14. The van der Waals surface area contributed by atoms with Gasteiger partial charge in [-0.3, -0.25) is 19.6 Å². The number of methoxy groups -OCH3 is 4. The number of fused-ring (bicyclic) bond motifs is 12. The van der Waals surface area contributed by atoms with Gasteiger partial charge in [0.25, 0.3) is 11.8 Å². The molecular formula is C100H104Cl2F12N14O12. The Morgan fingerprint density at radius 2 is 0.793 bits per heavy atom. The number of amides is 2. The maximum absolute atomic E-state index is 18.1. The Kier molecular flexibility index (Phi) is 25.1. The summed E-state index contributed by atoms with van der Waals surface area (Å²) in [5.41, 5.74) is -7.17. The van der Waals surface area contributed by atoms with Gasteiger partial charge in [0.1, 0.15) is 93.9 Å². The highest BCUT2D eigenvalue weighted by Gasteiger charge is 2.63. The molecule has 0 radical (unpaired) electrons. The second-order valence-electron chi connectivity index (χ2n) is 39.7. The van der Waals surface area contributed by atoms with E-state index in [2.05, 4.69) is 19.9 Å². The van der Waals surface area contributed by atoms with Gasteiger partial charge in [-0.1, -0.05) is 71.7 Å². The van der Waals surface area contributed by atoms with E-state index in [1.165, 1.54) is 40.6 Å². The Morgan fingerprint density at radius 3 is 1.08 bits per heavy atom. The van der Waals surface area contributed by atoms with E-state index in [4.69, 9.17) is 80.5 Å². The number of halogens is 14. The van der Waals surface area contributed by atoms with Crippen molar-refractivity contribution in [1.82, 2.24) is 49.5 Å². The number of alkyl halides is 10. The van der Waals surface area contributed by atoms with Gasteiger partial charge in [0.05, 0.1) is 143 Å². The molecule has 20 rings (SSSR count). The lowest BCUT2D eigenvalue weighted by molar-refractivity contribution is -0.138. The highest BCUT2D eigenvalue weighted by Crippen LogP contribution is 2.58. The number of carbonyl (C=O) groups excluding carboxylic acids is 2. The van der Waals surface area contributed by atoms with Crippen LogP contribution < -0.4 is 57.5 Å². The molecule has 8 saturated heterocycles. The van der Waals surface area contributed by atoms with E-state index in [1.807, 2.05) is 58.3 Å². The van der Waals surface area contributed by atoms with Gasteiger partial charge in [-0.2, -0.15) is 46.3 Å². The van der Waals surface area contributed by atoms with E-state index in [0.717, 1.165) is 34.4 Å². The Morgan fingerprint density at radius 1 is 0.464 bits per heavy atom. The van der Waals surface area contributed by atoms with E-state index in [0.29, 0.717) is 74.6 Å². The molecule has 2 amide bonds. The average Bonchev–Trinajstić information content (AvgIpc) is 1.44. The number of anilines is 4. The van der Waals surface area contributed by atoms with E-state index >= 15 is 35.1 Å². The van der Waals surface area contributed by atoms with Gasteiger partial charge in [0.2, 0.25) is 0 Å². The summed E-state index contributed by atoms with van der Waals surface area (Å²) in [5, 5.41) is -1.07. The molecule has 10 atom stereocenters. The van der Waals surface area contributed by atoms with Crippen molar-refractivity contribution in [3.05, 3.63) is 176 Å². The van der Waals surface area contributed by atoms with Crippen LogP contribution >= 0.6 is 23.2 Å². The molecule has 2 unspecified atom stereocenters. The van der Waals surface area contributed by atoms with Crippen LogP contribution in [-0.2, 0) is 48.0 Å². The first-order valence-electron chi connectivity index (χ1n) is 46.4. The quantitative estimate of drug-likeness (QED) is 0.0574. The first-order valence-corrected chi connectivity index (χ1v) is 47.1. The Balaban J connectivity index is 0.000000178. The first-order chi connectivity index (χ1) is 66.3. The Bertz CT molecular complexity index is 5950. The van der Waals surface area contributed by atoms with Crippen molar-refractivity contribution in [2.24, 2.45) is 0 Å². The predicted octanol–water partition coefficient (Wildman–Crippen LogP) is 20.7. The molecule has 26 nitrogen and oxygen atoms in total. The van der Waals surface area contributed by atoms with E-state index in [-0.39, 0.29) is 122 Å². The monoisotopic (exact) mass is 1990 g/mol. The van der Waals surface area contributed by atoms with Crippen LogP contribution in [0.3, 0.4) is 0 Å². The zero-order chi connectivity index (χ0) is 99.3. The van der Waals surface area contributed by atoms with E-state index in [9.17, 15) is 27.2 Å². The SMILES string of the molecule is COc1ccc(CN(Cc2ccc(OC)cc2)c2ccc(C(F)(F)F)c(-c3c(Cl)c4c5c(nc(OCC67CCN6CC(F)(F)C7)nc5c3F)N3C[C@H]5CC[C@@H]([C@H]3[C@H](C)O4)N5C(=O)OC(C)(C)C)n2)cc1.COc1ccc(CN(Cc2ccc(OC)cc2)c2ccc(C(F)(F)F)c(-c3c(Cl)c4c5c(nc(OCC67CCN6CC(F)(F)C7)nc5c3F)N3C[C@H]5CC[C@@H]([C@H]3[C@H](C)O4)N5C(=O)OC(C)(C)C)n2)cc1. The summed E-state index contributed by atoms with van der Waals surface area (Å²) >= 11 is 14.5. The number of pyridine rings is 2. The van der Waals surface area contributed by atoms with Gasteiger partial charge in [-0.15, -0.1) is 0 Å². The average molecular weight is 1990 g/mol. The lowest BCUT2D eigenvalue weighted by atomic mass is 9.85. The van der Waals surface area contributed by atoms with Gasteiger partial charge in [-0.05, 0) is 189 Å². The van der Waals surface area contributed by atoms with Crippen LogP contribution in [0.5, 0.6) is 46.5 Å². The zero-order valence-corrected chi connectivity index (χ0v) is 80.3. The predicted molar refractivity (Wildman–Crippen MR) is 497 cm³/mol. The minimum absolute atomic E-state index is 0.0285. The molecule has 4 bridgehead atoms. The van der Waals surface area contributed by atoms with Crippen molar-refractivity contribution in [2.45, 2.75) is 228 Å². The molecule has 0 N–H and O–H groups in total. The third-order valence-electron chi connectivity index (χ3n) is 28.2. The Labute approximate surface area is 809 Å². The van der Waals surface area contributed by atoms with E-state index in [1.54, 1.807) is 133 Å². The molecule has 10 aliphatic heterocycles. The smallest absolute Gasteiger partial charge is 0.418 e.